The summed E-state index contributed by atoms with van der Waals surface area (Å²) in [6, 6.07) is 3.48. The number of amides is 8. The molecule has 4 rings (SSSR count). The molecule has 0 saturated carbocycles. The van der Waals surface area contributed by atoms with Crippen molar-refractivity contribution in [3.8, 4) is 11.5 Å². The summed E-state index contributed by atoms with van der Waals surface area (Å²) < 4.78 is 21.3. The summed E-state index contributed by atoms with van der Waals surface area (Å²) in [6.45, 7) is 17.0. The smallest absolute Gasteiger partial charge is 0.407 e. The van der Waals surface area contributed by atoms with Gasteiger partial charge in [0, 0.05) is 35.5 Å². The van der Waals surface area contributed by atoms with Gasteiger partial charge in [-0.15, -0.1) is 0 Å². The van der Waals surface area contributed by atoms with Crippen LogP contribution in [0.2, 0.25) is 0 Å². The largest absolute Gasteiger partial charge is 0.494 e. The zero-order chi connectivity index (χ0) is 55.9. The number of rotatable bonds is 24. The zero-order valence-electron chi connectivity index (χ0n) is 45.3. The van der Waals surface area contributed by atoms with Crippen LogP contribution in [-0.4, -0.2) is 139 Å². The fourth-order valence-corrected chi connectivity index (χ4v) is 8.46. The number of hydrogen-bond donors (Lipinski definition) is 9. The number of H-pyrrole nitrogens is 2. The van der Waals surface area contributed by atoms with Crippen molar-refractivity contribution in [1.29, 1.82) is 0 Å². The molecule has 3 heterocycles. The lowest BCUT2D eigenvalue weighted by Crippen LogP contribution is -2.59. The van der Waals surface area contributed by atoms with Crippen molar-refractivity contribution in [3.05, 3.63) is 69.8 Å². The van der Waals surface area contributed by atoms with E-state index in [2.05, 4.69) is 47.2 Å². The Morgan fingerprint density at radius 3 is 1.89 bits per heavy atom. The minimum absolute atomic E-state index is 0.0201. The third-order valence-electron chi connectivity index (χ3n) is 12.4. The lowest BCUT2D eigenvalue weighted by molar-refractivity contribution is -0.146. The number of hydrogen-bond acceptors (Lipinski definition) is 13. The van der Waals surface area contributed by atoms with E-state index in [1.807, 2.05) is 13.8 Å². The van der Waals surface area contributed by atoms with Gasteiger partial charge in [-0.25, -0.2) is 9.59 Å². The Labute approximate surface area is 437 Å². The molecule has 1 aliphatic heterocycles. The van der Waals surface area contributed by atoms with Gasteiger partial charge in [-0.1, -0.05) is 58.0 Å². The minimum Gasteiger partial charge on any atom is -0.494 e. The number of carbonyl (C=O) groups excluding carboxylic acids is 9. The van der Waals surface area contributed by atoms with Crippen molar-refractivity contribution in [3.63, 3.8) is 0 Å². The third-order valence-corrected chi connectivity index (χ3v) is 12.4. The highest BCUT2D eigenvalue weighted by Gasteiger charge is 2.38. The normalized spacial score (nSPS) is 14.9. The molecule has 0 aliphatic carbocycles. The van der Waals surface area contributed by atoms with Crippen LogP contribution in [0, 0.1) is 25.7 Å². The molecule has 0 spiro atoms. The molecular formula is C52H76N10O13. The number of ether oxygens (including phenoxy) is 4. The van der Waals surface area contributed by atoms with Crippen LogP contribution in [0.4, 0.5) is 4.79 Å². The maximum absolute atomic E-state index is 14.2. The molecule has 412 valence electrons. The molecule has 1 aromatic carbocycles. The average molecular weight is 1050 g/mol. The van der Waals surface area contributed by atoms with Gasteiger partial charge in [0.05, 0.1) is 41.0 Å². The molecule has 0 radical (unpaired) electrons. The summed E-state index contributed by atoms with van der Waals surface area (Å²) in [5.74, 6) is -4.90. The van der Waals surface area contributed by atoms with Gasteiger partial charge >= 0.3 is 12.1 Å². The second-order valence-corrected chi connectivity index (χ2v) is 20.2. The van der Waals surface area contributed by atoms with E-state index in [-0.39, 0.29) is 54.9 Å². The van der Waals surface area contributed by atoms with E-state index in [1.54, 1.807) is 78.8 Å². The summed E-state index contributed by atoms with van der Waals surface area (Å²) in [5, 5.41) is 18.7. The summed E-state index contributed by atoms with van der Waals surface area (Å²) in [4.78, 5) is 128. The van der Waals surface area contributed by atoms with E-state index in [0.717, 1.165) is 0 Å². The number of aromatic nitrogens is 2. The van der Waals surface area contributed by atoms with Crippen LogP contribution in [0.15, 0.2) is 30.3 Å². The maximum Gasteiger partial charge on any atom is 0.407 e. The van der Waals surface area contributed by atoms with Gasteiger partial charge in [-0.3, -0.25) is 33.6 Å². The van der Waals surface area contributed by atoms with Gasteiger partial charge in [0.15, 0.2) is 11.5 Å². The van der Waals surface area contributed by atoms with Gasteiger partial charge in [0.25, 0.3) is 11.8 Å². The highest BCUT2D eigenvalue weighted by Crippen LogP contribution is 2.31. The molecule has 5 atom stereocenters. The van der Waals surface area contributed by atoms with Crippen LogP contribution in [-0.2, 0) is 57.8 Å². The molecule has 23 nitrogen and oxygen atoms in total. The maximum atomic E-state index is 14.2. The Balaban J connectivity index is 1.40. The standard InChI is InChI=1S/C52H76N10O13/c1-27(2)22-34(50(70)74-13)60-48(68)39(28(3)4)61-44(64)31(7)56-45(65)33(23-32-18-15-14-16-19-32)57-38(63)26-54-46(66)37-20-17-21-62(37)49(69)41-43(73-12)30(6)35(59-41)24-53-47(67)40-42(72-11)29(5)36(58-40)25-55-51(71)75-52(8,9)10/h14-16,18-19,27-28,31,33-34,37,39,58-59H,17,20-26H2,1-13H3,(H,53,67)(H,54,66)(H,55,71)(H,56,65)(H,57,63)(H,60,68)(H,61,64)/t31-,33-,34-,37+,39-/m0/s1. The number of methoxy groups -OCH3 is 3. The van der Waals surface area contributed by atoms with E-state index in [0.29, 0.717) is 47.3 Å². The molecule has 1 saturated heterocycles. The number of nitrogens with zero attached hydrogens (tertiary/aromatic N) is 1. The number of alkyl carbamates (subject to hydrolysis) is 1. The summed E-state index contributed by atoms with van der Waals surface area (Å²) >= 11 is 0. The number of aromatic amines is 2. The minimum atomic E-state index is -1.21. The van der Waals surface area contributed by atoms with Crippen molar-refractivity contribution >= 4 is 53.4 Å². The van der Waals surface area contributed by atoms with Crippen LogP contribution in [0.1, 0.15) is 124 Å². The number of benzene rings is 1. The lowest BCUT2D eigenvalue weighted by Gasteiger charge is -2.27. The first kappa shape index (κ1) is 60.0. The number of carbonyl (C=O) groups is 9. The van der Waals surface area contributed by atoms with Crippen molar-refractivity contribution in [1.82, 2.24) is 52.1 Å². The Hall–Kier alpha value is -7.59. The predicted molar refractivity (Wildman–Crippen MR) is 275 cm³/mol. The Kier molecular flexibility index (Phi) is 21.7. The van der Waals surface area contributed by atoms with Crippen molar-refractivity contribution in [2.75, 3.05) is 34.4 Å². The van der Waals surface area contributed by atoms with Crippen molar-refractivity contribution in [2.24, 2.45) is 11.8 Å². The van der Waals surface area contributed by atoms with Crippen LogP contribution in [0.5, 0.6) is 11.5 Å². The molecular weight excluding hydrogens is 973 g/mol. The van der Waals surface area contributed by atoms with E-state index < -0.39 is 102 Å². The zero-order valence-corrected chi connectivity index (χ0v) is 45.3. The van der Waals surface area contributed by atoms with E-state index in [1.165, 1.54) is 33.2 Å². The van der Waals surface area contributed by atoms with Crippen molar-refractivity contribution < 1.29 is 62.1 Å². The Morgan fingerprint density at radius 1 is 0.720 bits per heavy atom. The van der Waals surface area contributed by atoms with Gasteiger partial charge < -0.3 is 71.0 Å². The summed E-state index contributed by atoms with van der Waals surface area (Å²) in [5.41, 5.74) is 2.27. The first-order valence-corrected chi connectivity index (χ1v) is 25.0. The SMILES string of the molecule is COC(=O)[C@H](CC(C)C)NC(=O)[C@@H](NC(=O)[C@H](C)NC(=O)[C@H](Cc1ccccc1)NC(=O)CNC(=O)[C@H]1CCCN1C(=O)c1[nH]c(CNC(=O)c2[nH]c(CNC(=O)OC(C)(C)C)c(C)c2OC)c(C)c1OC)C(C)C. The molecule has 0 unspecified atom stereocenters. The van der Waals surface area contributed by atoms with E-state index in [4.69, 9.17) is 18.9 Å². The second kappa shape index (κ2) is 27.1. The topological polar surface area (TPSA) is 310 Å². The second-order valence-electron chi connectivity index (χ2n) is 20.2. The summed E-state index contributed by atoms with van der Waals surface area (Å²) in [6.07, 6.45) is 0.472. The molecule has 9 N–H and O–H groups in total. The molecule has 1 aliphatic rings. The predicted octanol–water partition coefficient (Wildman–Crippen LogP) is 2.73. The summed E-state index contributed by atoms with van der Waals surface area (Å²) in [7, 11) is 4.03. The fourth-order valence-electron chi connectivity index (χ4n) is 8.46. The van der Waals surface area contributed by atoms with Crippen LogP contribution in [0.25, 0.3) is 0 Å². The lowest BCUT2D eigenvalue weighted by atomic mass is 10.00. The van der Waals surface area contributed by atoms with Gasteiger partial charge in [0.2, 0.25) is 29.5 Å². The molecule has 8 amide bonds. The molecule has 3 aromatic rings. The van der Waals surface area contributed by atoms with Crippen LogP contribution in [0.3, 0.4) is 0 Å². The molecule has 75 heavy (non-hydrogen) atoms. The molecule has 23 heteroatoms. The fraction of sp³-hybridized carbons (Fsp3) is 0.558. The average Bonchev–Trinajstić information content (AvgIpc) is 4.06. The van der Waals surface area contributed by atoms with Gasteiger partial charge in [-0.05, 0) is 78.2 Å². The highest BCUT2D eigenvalue weighted by atomic mass is 16.6. The number of esters is 1. The third kappa shape index (κ3) is 16.7. The van der Waals surface area contributed by atoms with E-state index >= 15 is 0 Å². The van der Waals surface area contributed by atoms with Crippen molar-refractivity contribution in [2.45, 2.75) is 144 Å². The molecule has 0 bridgehead atoms. The first-order chi connectivity index (χ1) is 35.3. The van der Waals surface area contributed by atoms with E-state index in [9.17, 15) is 43.2 Å². The van der Waals surface area contributed by atoms with Gasteiger partial charge in [0.1, 0.15) is 47.2 Å². The number of likely N-dealkylation sites (tertiary alicyclic amines) is 1. The van der Waals surface area contributed by atoms with Crippen LogP contribution >= 0.6 is 0 Å². The Morgan fingerprint density at radius 2 is 1.32 bits per heavy atom. The van der Waals surface area contributed by atoms with Crippen LogP contribution < -0.4 is 46.7 Å². The molecule has 1 fully saturated rings. The first-order valence-electron chi connectivity index (χ1n) is 25.0. The quantitative estimate of drug-likeness (QED) is 0.0584. The monoisotopic (exact) mass is 1050 g/mol. The number of nitrogens with one attached hydrogen (secondary N) is 9. The Bertz CT molecular complexity index is 2530. The van der Waals surface area contributed by atoms with Gasteiger partial charge in [-0.2, -0.15) is 0 Å². The highest BCUT2D eigenvalue weighted by molar-refractivity contribution is 6.00. The molecule has 2 aromatic heterocycles.